The van der Waals surface area contributed by atoms with Crippen LogP contribution >= 0.6 is 0 Å². The molecule has 1 amide bonds. The Hall–Kier alpha value is -3.19. The highest BCUT2D eigenvalue weighted by molar-refractivity contribution is 5.97. The molecule has 1 aliphatic carbocycles. The second-order valence-electron chi connectivity index (χ2n) is 8.23. The standard InChI is InChI=1S/C25H30N2O5/c1-18(16-28)25(31)32-26-24(30)23-14-19(17-29)12-13-20(23)15-27(21-8-4-2-5-9-21)22-10-6-3-7-11-22/h2,4-5,8-9,12-14,17-18,22,28H,3,6-7,10-11,15-16H2,1H3,(H,26,30)/t18-/m1/s1. The molecule has 2 aromatic carbocycles. The smallest absolute Gasteiger partial charge is 0.337 e. The second-order valence-corrected chi connectivity index (χ2v) is 8.23. The molecule has 0 aromatic heterocycles. The van der Waals surface area contributed by atoms with Crippen molar-refractivity contribution in [2.45, 2.75) is 51.6 Å². The van der Waals surface area contributed by atoms with E-state index >= 15 is 0 Å². The third kappa shape index (κ3) is 5.95. The summed E-state index contributed by atoms with van der Waals surface area (Å²) in [4.78, 5) is 43.2. The Morgan fingerprint density at radius 2 is 1.88 bits per heavy atom. The molecule has 0 spiro atoms. The Balaban J connectivity index is 1.87. The highest BCUT2D eigenvalue weighted by atomic mass is 16.7. The van der Waals surface area contributed by atoms with E-state index in [-0.39, 0.29) is 12.2 Å². The number of aliphatic hydroxyl groups is 1. The number of hydrogen-bond donors (Lipinski definition) is 2. The fraction of sp³-hybridized carbons (Fsp3) is 0.400. The molecule has 0 aliphatic heterocycles. The predicted molar refractivity (Wildman–Crippen MR) is 121 cm³/mol. The molecule has 0 unspecified atom stereocenters. The number of aliphatic hydroxyl groups excluding tert-OH is 1. The third-order valence-electron chi connectivity index (χ3n) is 5.88. The summed E-state index contributed by atoms with van der Waals surface area (Å²) >= 11 is 0. The fourth-order valence-electron chi connectivity index (χ4n) is 3.97. The predicted octanol–water partition coefficient (Wildman–Crippen LogP) is 3.65. The Morgan fingerprint density at radius 1 is 1.16 bits per heavy atom. The maximum atomic E-state index is 12.9. The van der Waals surface area contributed by atoms with E-state index in [9.17, 15) is 14.4 Å². The summed E-state index contributed by atoms with van der Waals surface area (Å²) in [6.45, 7) is 1.60. The minimum Gasteiger partial charge on any atom is -0.395 e. The zero-order valence-electron chi connectivity index (χ0n) is 18.3. The highest BCUT2D eigenvalue weighted by Gasteiger charge is 2.24. The van der Waals surface area contributed by atoms with Gasteiger partial charge in [0.05, 0.1) is 12.5 Å². The van der Waals surface area contributed by atoms with Crippen LogP contribution in [0.15, 0.2) is 48.5 Å². The maximum absolute atomic E-state index is 12.9. The Kier molecular flexibility index (Phi) is 8.39. The zero-order chi connectivity index (χ0) is 22.9. The molecule has 1 aliphatic rings. The summed E-state index contributed by atoms with van der Waals surface area (Å²) in [6, 6.07) is 15.4. The fourth-order valence-corrected chi connectivity index (χ4v) is 3.97. The van der Waals surface area contributed by atoms with Crippen LogP contribution in [0.3, 0.4) is 0 Å². The normalized spacial score (nSPS) is 14.9. The largest absolute Gasteiger partial charge is 0.395 e. The number of benzene rings is 2. The molecule has 32 heavy (non-hydrogen) atoms. The Bertz CT molecular complexity index is 925. The van der Waals surface area contributed by atoms with E-state index < -0.39 is 17.8 Å². The highest BCUT2D eigenvalue weighted by Crippen LogP contribution is 2.29. The lowest BCUT2D eigenvalue weighted by Crippen LogP contribution is -2.37. The van der Waals surface area contributed by atoms with E-state index in [4.69, 9.17) is 9.94 Å². The molecule has 7 heteroatoms. The summed E-state index contributed by atoms with van der Waals surface area (Å²) < 4.78 is 0. The van der Waals surface area contributed by atoms with Gasteiger partial charge >= 0.3 is 5.97 Å². The molecule has 0 radical (unpaired) electrons. The lowest BCUT2D eigenvalue weighted by Gasteiger charge is -2.36. The van der Waals surface area contributed by atoms with Crippen LogP contribution in [0.1, 0.15) is 65.3 Å². The Labute approximate surface area is 188 Å². The number of nitrogens with zero attached hydrogens (tertiary/aromatic N) is 1. The number of anilines is 1. The van der Waals surface area contributed by atoms with E-state index in [0.29, 0.717) is 24.4 Å². The van der Waals surface area contributed by atoms with Gasteiger partial charge in [0, 0.05) is 29.4 Å². The SMILES string of the molecule is C[C@H](CO)C(=O)ONC(=O)c1cc(C=O)ccc1CN(c1ccccc1)C1CCCCC1. The van der Waals surface area contributed by atoms with Crippen LogP contribution in [0.2, 0.25) is 0 Å². The van der Waals surface area contributed by atoms with Gasteiger partial charge in [0.15, 0.2) is 0 Å². The first-order valence-corrected chi connectivity index (χ1v) is 11.0. The summed E-state index contributed by atoms with van der Waals surface area (Å²) in [5.74, 6) is -2.10. The summed E-state index contributed by atoms with van der Waals surface area (Å²) in [5, 5.41) is 9.07. The van der Waals surface area contributed by atoms with Crippen molar-refractivity contribution in [2.24, 2.45) is 5.92 Å². The molecular formula is C25H30N2O5. The molecule has 0 saturated heterocycles. The molecular weight excluding hydrogens is 408 g/mol. The maximum Gasteiger partial charge on any atom is 0.337 e. The van der Waals surface area contributed by atoms with Crippen LogP contribution < -0.4 is 10.4 Å². The van der Waals surface area contributed by atoms with Gasteiger partial charge in [-0.1, -0.05) is 49.6 Å². The quantitative estimate of drug-likeness (QED) is 0.482. The molecule has 170 valence electrons. The van der Waals surface area contributed by atoms with Crippen molar-refractivity contribution in [2.75, 3.05) is 11.5 Å². The molecule has 1 atom stereocenters. The number of nitrogens with one attached hydrogen (secondary N) is 1. The number of hydroxylamine groups is 1. The molecule has 2 aromatic rings. The molecule has 0 heterocycles. The molecule has 1 fully saturated rings. The van der Waals surface area contributed by atoms with Crippen molar-refractivity contribution in [3.8, 4) is 0 Å². The molecule has 3 rings (SSSR count). The van der Waals surface area contributed by atoms with Crippen LogP contribution in [0.4, 0.5) is 5.69 Å². The van der Waals surface area contributed by atoms with Gasteiger partial charge in [-0.2, -0.15) is 5.48 Å². The first-order valence-electron chi connectivity index (χ1n) is 11.0. The summed E-state index contributed by atoms with van der Waals surface area (Å²) in [5.41, 5.74) is 4.60. The number of carbonyl (C=O) groups is 3. The van der Waals surface area contributed by atoms with Gasteiger partial charge < -0.3 is 14.8 Å². The Morgan fingerprint density at radius 3 is 2.53 bits per heavy atom. The van der Waals surface area contributed by atoms with Crippen LogP contribution in [-0.4, -0.2) is 35.9 Å². The van der Waals surface area contributed by atoms with Crippen molar-refractivity contribution < 1.29 is 24.3 Å². The number of aldehydes is 1. The lowest BCUT2D eigenvalue weighted by atomic mass is 9.92. The molecule has 2 N–H and O–H groups in total. The van der Waals surface area contributed by atoms with Crippen molar-refractivity contribution in [3.05, 3.63) is 65.2 Å². The van der Waals surface area contributed by atoms with E-state index in [1.165, 1.54) is 32.3 Å². The zero-order valence-corrected chi connectivity index (χ0v) is 18.3. The molecule has 0 bridgehead atoms. The number of hydrogen-bond acceptors (Lipinski definition) is 6. The number of carbonyl (C=O) groups excluding carboxylic acids is 3. The van der Waals surface area contributed by atoms with Crippen molar-refractivity contribution in [1.29, 1.82) is 0 Å². The van der Waals surface area contributed by atoms with Gasteiger partial charge in [0.2, 0.25) is 0 Å². The second kappa shape index (κ2) is 11.4. The van der Waals surface area contributed by atoms with Gasteiger partial charge in [-0.25, -0.2) is 4.79 Å². The third-order valence-corrected chi connectivity index (χ3v) is 5.88. The number of rotatable bonds is 8. The van der Waals surface area contributed by atoms with E-state index in [2.05, 4.69) is 22.5 Å². The average molecular weight is 439 g/mol. The van der Waals surface area contributed by atoms with E-state index in [1.54, 1.807) is 12.1 Å². The first-order chi connectivity index (χ1) is 15.5. The van der Waals surface area contributed by atoms with Gasteiger partial charge in [0.25, 0.3) is 5.91 Å². The number of para-hydroxylation sites is 1. The van der Waals surface area contributed by atoms with Gasteiger partial charge in [-0.05, 0) is 43.5 Å². The van der Waals surface area contributed by atoms with E-state index in [0.717, 1.165) is 24.1 Å². The van der Waals surface area contributed by atoms with Crippen LogP contribution in [0, 0.1) is 5.92 Å². The van der Waals surface area contributed by atoms with Gasteiger partial charge in [-0.3, -0.25) is 9.59 Å². The lowest BCUT2D eigenvalue weighted by molar-refractivity contribution is -0.154. The summed E-state index contributed by atoms with van der Waals surface area (Å²) in [7, 11) is 0. The average Bonchev–Trinajstić information content (AvgIpc) is 2.86. The first kappa shape index (κ1) is 23.5. The molecule has 7 nitrogen and oxygen atoms in total. The topological polar surface area (TPSA) is 95.9 Å². The van der Waals surface area contributed by atoms with Crippen LogP contribution in [-0.2, 0) is 16.2 Å². The van der Waals surface area contributed by atoms with Gasteiger partial charge in [0.1, 0.15) is 6.29 Å². The van der Waals surface area contributed by atoms with Crippen LogP contribution in [0.25, 0.3) is 0 Å². The summed E-state index contributed by atoms with van der Waals surface area (Å²) in [6.07, 6.45) is 6.42. The number of amides is 1. The minimum absolute atomic E-state index is 0.274. The van der Waals surface area contributed by atoms with Crippen molar-refractivity contribution >= 4 is 23.9 Å². The van der Waals surface area contributed by atoms with Gasteiger partial charge in [-0.15, -0.1) is 0 Å². The minimum atomic E-state index is -0.754. The molecule has 1 saturated carbocycles. The van der Waals surface area contributed by atoms with Crippen LogP contribution in [0.5, 0.6) is 0 Å². The van der Waals surface area contributed by atoms with Crippen molar-refractivity contribution in [3.63, 3.8) is 0 Å². The monoisotopic (exact) mass is 438 g/mol. The van der Waals surface area contributed by atoms with E-state index in [1.807, 2.05) is 18.2 Å². The van der Waals surface area contributed by atoms with Crippen molar-refractivity contribution in [1.82, 2.24) is 5.48 Å².